The number of carbonyl (C=O) groups is 1. The molecule has 0 saturated carbocycles. The zero-order valence-electron chi connectivity index (χ0n) is 9.23. The van der Waals surface area contributed by atoms with Gasteiger partial charge in [-0.15, -0.1) is 0 Å². The van der Waals surface area contributed by atoms with Gasteiger partial charge < -0.3 is 11.1 Å². The molecule has 0 radical (unpaired) electrons. The molecular weight excluding hydrogens is 188 g/mol. The molecule has 3 N–H and O–H groups in total. The van der Waals surface area contributed by atoms with Crippen LogP contribution in [0, 0.1) is 0 Å². The molecule has 0 aliphatic carbocycles. The Hall–Kier alpha value is -1.35. The highest BCUT2D eigenvalue weighted by molar-refractivity contribution is 5.80. The van der Waals surface area contributed by atoms with Gasteiger partial charge in [0.25, 0.3) is 0 Å². The van der Waals surface area contributed by atoms with Crippen LogP contribution in [-0.2, 0) is 4.79 Å². The Kier molecular flexibility index (Phi) is 4.31. The second kappa shape index (κ2) is 5.51. The summed E-state index contributed by atoms with van der Waals surface area (Å²) < 4.78 is 0. The zero-order valence-corrected chi connectivity index (χ0v) is 9.23. The van der Waals surface area contributed by atoms with Crippen LogP contribution >= 0.6 is 0 Å². The van der Waals surface area contributed by atoms with Crippen LogP contribution in [0.3, 0.4) is 0 Å². The minimum Gasteiger partial charge on any atom is -0.354 e. The maximum absolute atomic E-state index is 11.2. The van der Waals surface area contributed by atoms with E-state index in [9.17, 15) is 4.79 Å². The van der Waals surface area contributed by atoms with Crippen molar-refractivity contribution in [1.82, 2.24) is 5.32 Å². The van der Waals surface area contributed by atoms with E-state index in [1.54, 1.807) is 6.92 Å². The Bertz CT molecular complexity index is 309. The molecule has 1 rings (SSSR count). The molecule has 0 aliphatic heterocycles. The highest BCUT2D eigenvalue weighted by Gasteiger charge is 2.09. The Morgan fingerprint density at radius 3 is 2.47 bits per heavy atom. The lowest BCUT2D eigenvalue weighted by atomic mass is 10.0. The number of hydrogen-bond donors (Lipinski definition) is 2. The number of nitrogens with two attached hydrogens (primary N) is 1. The van der Waals surface area contributed by atoms with Gasteiger partial charge >= 0.3 is 0 Å². The van der Waals surface area contributed by atoms with Gasteiger partial charge in [-0.3, -0.25) is 4.79 Å². The predicted octanol–water partition coefficient (Wildman–Crippen LogP) is 1.25. The Balaban J connectivity index is 2.44. The van der Waals surface area contributed by atoms with Gasteiger partial charge in [0, 0.05) is 6.54 Å². The summed E-state index contributed by atoms with van der Waals surface area (Å²) in [4.78, 5) is 11.2. The molecule has 0 aromatic heterocycles. The molecule has 2 atom stereocenters. The fraction of sp³-hybridized carbons (Fsp3) is 0.417. The van der Waals surface area contributed by atoms with Crippen LogP contribution in [0.25, 0.3) is 0 Å². The van der Waals surface area contributed by atoms with Crippen LogP contribution in [0.15, 0.2) is 30.3 Å². The molecule has 0 saturated heterocycles. The number of amides is 1. The third-order valence-electron chi connectivity index (χ3n) is 2.36. The molecule has 15 heavy (non-hydrogen) atoms. The van der Waals surface area contributed by atoms with Crippen molar-refractivity contribution >= 4 is 5.91 Å². The number of rotatable bonds is 4. The van der Waals surface area contributed by atoms with Crippen molar-refractivity contribution in [1.29, 1.82) is 0 Å². The maximum Gasteiger partial charge on any atom is 0.236 e. The first-order chi connectivity index (χ1) is 7.11. The third kappa shape index (κ3) is 3.72. The van der Waals surface area contributed by atoms with Crippen molar-refractivity contribution in [2.24, 2.45) is 5.73 Å². The monoisotopic (exact) mass is 206 g/mol. The molecule has 0 spiro atoms. The summed E-state index contributed by atoms with van der Waals surface area (Å²) in [6.07, 6.45) is 0. The highest BCUT2D eigenvalue weighted by Crippen LogP contribution is 2.12. The molecule has 1 amide bonds. The van der Waals surface area contributed by atoms with Crippen molar-refractivity contribution < 1.29 is 4.79 Å². The minimum atomic E-state index is -0.437. The molecule has 0 bridgehead atoms. The van der Waals surface area contributed by atoms with Gasteiger partial charge in [0.15, 0.2) is 0 Å². The Morgan fingerprint density at radius 1 is 1.33 bits per heavy atom. The first-order valence-corrected chi connectivity index (χ1v) is 5.19. The summed E-state index contributed by atoms with van der Waals surface area (Å²) in [6, 6.07) is 9.66. The summed E-state index contributed by atoms with van der Waals surface area (Å²) in [6.45, 7) is 4.39. The van der Waals surface area contributed by atoms with Crippen LogP contribution in [0.2, 0.25) is 0 Å². The van der Waals surface area contributed by atoms with Gasteiger partial charge in [0.1, 0.15) is 0 Å². The molecule has 0 aliphatic rings. The van der Waals surface area contributed by atoms with Gasteiger partial charge in [0.2, 0.25) is 5.91 Å². The number of carbonyl (C=O) groups excluding carboxylic acids is 1. The summed E-state index contributed by atoms with van der Waals surface area (Å²) in [5.41, 5.74) is 6.67. The van der Waals surface area contributed by atoms with E-state index in [0.29, 0.717) is 12.5 Å². The fourth-order valence-electron chi connectivity index (χ4n) is 1.31. The van der Waals surface area contributed by atoms with Gasteiger partial charge in [-0.25, -0.2) is 0 Å². The van der Waals surface area contributed by atoms with Crippen LogP contribution in [0.5, 0.6) is 0 Å². The maximum atomic E-state index is 11.2. The molecule has 3 nitrogen and oxygen atoms in total. The van der Waals surface area contributed by atoms with Crippen molar-refractivity contribution in [3.05, 3.63) is 35.9 Å². The SMILES string of the molecule is CC(N)C(=O)NCC(C)c1ccccc1. The summed E-state index contributed by atoms with van der Waals surface area (Å²) in [5.74, 6) is 0.215. The van der Waals surface area contributed by atoms with E-state index in [2.05, 4.69) is 24.4 Å². The number of benzene rings is 1. The molecule has 3 heteroatoms. The lowest BCUT2D eigenvalue weighted by Gasteiger charge is -2.14. The molecule has 2 unspecified atom stereocenters. The van der Waals surface area contributed by atoms with Crippen molar-refractivity contribution in [2.75, 3.05) is 6.54 Å². The van der Waals surface area contributed by atoms with E-state index in [0.717, 1.165) is 0 Å². The molecule has 1 aromatic rings. The molecule has 0 fully saturated rings. The van der Waals surface area contributed by atoms with Crippen LogP contribution in [-0.4, -0.2) is 18.5 Å². The molecule has 82 valence electrons. The van der Waals surface area contributed by atoms with E-state index >= 15 is 0 Å². The van der Waals surface area contributed by atoms with E-state index in [-0.39, 0.29) is 5.91 Å². The average Bonchev–Trinajstić information content (AvgIpc) is 2.26. The Morgan fingerprint density at radius 2 is 1.93 bits per heavy atom. The van der Waals surface area contributed by atoms with Crippen LogP contribution in [0.1, 0.15) is 25.3 Å². The smallest absolute Gasteiger partial charge is 0.236 e. The lowest BCUT2D eigenvalue weighted by molar-refractivity contribution is -0.122. The fourth-order valence-corrected chi connectivity index (χ4v) is 1.31. The van der Waals surface area contributed by atoms with Gasteiger partial charge in [-0.2, -0.15) is 0 Å². The zero-order chi connectivity index (χ0) is 11.3. The van der Waals surface area contributed by atoms with Crippen molar-refractivity contribution in [3.63, 3.8) is 0 Å². The van der Waals surface area contributed by atoms with Gasteiger partial charge in [-0.05, 0) is 18.4 Å². The summed E-state index contributed by atoms with van der Waals surface area (Å²) in [7, 11) is 0. The number of hydrogen-bond acceptors (Lipinski definition) is 2. The minimum absolute atomic E-state index is 0.0993. The lowest BCUT2D eigenvalue weighted by Crippen LogP contribution is -2.39. The third-order valence-corrected chi connectivity index (χ3v) is 2.36. The summed E-state index contributed by atoms with van der Waals surface area (Å²) >= 11 is 0. The van der Waals surface area contributed by atoms with E-state index in [1.807, 2.05) is 18.2 Å². The molecular formula is C12H18N2O. The highest BCUT2D eigenvalue weighted by atomic mass is 16.2. The summed E-state index contributed by atoms with van der Waals surface area (Å²) in [5, 5.41) is 2.82. The topological polar surface area (TPSA) is 55.1 Å². The van der Waals surface area contributed by atoms with E-state index < -0.39 is 6.04 Å². The van der Waals surface area contributed by atoms with Crippen LogP contribution < -0.4 is 11.1 Å². The second-order valence-electron chi connectivity index (χ2n) is 3.85. The average molecular weight is 206 g/mol. The van der Waals surface area contributed by atoms with Crippen molar-refractivity contribution in [3.8, 4) is 0 Å². The normalized spacial score (nSPS) is 14.3. The van der Waals surface area contributed by atoms with Crippen LogP contribution in [0.4, 0.5) is 0 Å². The van der Waals surface area contributed by atoms with Gasteiger partial charge in [-0.1, -0.05) is 37.3 Å². The Labute approximate surface area is 90.7 Å². The van der Waals surface area contributed by atoms with Gasteiger partial charge in [0.05, 0.1) is 6.04 Å². The van der Waals surface area contributed by atoms with E-state index in [4.69, 9.17) is 5.73 Å². The molecule has 1 aromatic carbocycles. The largest absolute Gasteiger partial charge is 0.354 e. The standard InChI is InChI=1S/C12H18N2O/c1-9(8-14-12(15)10(2)13)11-6-4-3-5-7-11/h3-7,9-10H,8,13H2,1-2H3,(H,14,15). The number of nitrogens with one attached hydrogen (secondary N) is 1. The predicted molar refractivity (Wildman–Crippen MR) is 61.5 cm³/mol. The quantitative estimate of drug-likeness (QED) is 0.779. The molecule has 0 heterocycles. The second-order valence-corrected chi connectivity index (χ2v) is 3.85. The van der Waals surface area contributed by atoms with E-state index in [1.165, 1.54) is 5.56 Å². The van der Waals surface area contributed by atoms with Crippen molar-refractivity contribution in [2.45, 2.75) is 25.8 Å². The first kappa shape index (κ1) is 11.7. The first-order valence-electron chi connectivity index (χ1n) is 5.19.